The maximum absolute atomic E-state index is 12.0. The van der Waals surface area contributed by atoms with E-state index in [1.54, 1.807) is 36.8 Å². The average molecular weight is 504 g/mol. The summed E-state index contributed by atoms with van der Waals surface area (Å²) in [5.74, 6) is -0.0632. The van der Waals surface area contributed by atoms with Gasteiger partial charge in [0.25, 0.3) is 0 Å². The van der Waals surface area contributed by atoms with Gasteiger partial charge < -0.3 is 10.2 Å². The van der Waals surface area contributed by atoms with Crippen molar-refractivity contribution in [2.24, 2.45) is 4.99 Å². The number of hydrogen-bond donors (Lipinski definition) is 0. The topological polar surface area (TPSA) is 84.3 Å². The monoisotopic (exact) mass is 503 g/mol. The largest absolute Gasteiger partial charge is 2.00 e. The van der Waals surface area contributed by atoms with E-state index < -0.39 is 0 Å². The Balaban J connectivity index is 0.000000331. The van der Waals surface area contributed by atoms with Crippen molar-refractivity contribution in [3.63, 3.8) is 0 Å². The van der Waals surface area contributed by atoms with Crippen molar-refractivity contribution in [1.29, 1.82) is 0 Å². The van der Waals surface area contributed by atoms with Crippen LogP contribution in [0, 0.1) is 20.8 Å². The molecule has 5 nitrogen and oxygen atoms in total. The Bertz CT molecular complexity index is 1070. The third-order valence-electron chi connectivity index (χ3n) is 5.26. The van der Waals surface area contributed by atoms with Crippen molar-refractivity contribution in [2.75, 3.05) is 0 Å². The standard InChI is InChI=1S/C14H15N3.C14H22O2.Ni/c1-10-7-11(2)14(12(3)8-10)17-9-13-15-5-4-6-16-13;1-13(2,3)9-7-8-10(14(4,5)6)12(16)11(9)15;/h4-9H,1-3H3;7-8,15-16H,1-6H3;/q;;+2/p-2. The Morgan fingerprint density at radius 1 is 0.765 bits per heavy atom. The van der Waals surface area contributed by atoms with E-state index in [1.165, 1.54) is 16.7 Å². The predicted molar refractivity (Wildman–Crippen MR) is 133 cm³/mol. The van der Waals surface area contributed by atoms with Gasteiger partial charge >= 0.3 is 16.5 Å². The molecule has 3 aromatic rings. The zero-order valence-corrected chi connectivity index (χ0v) is 22.6. The second-order valence-electron chi connectivity index (χ2n) is 10.4. The Labute approximate surface area is 214 Å². The molecular weight excluding hydrogens is 469 g/mol. The van der Waals surface area contributed by atoms with Gasteiger partial charge in [0.2, 0.25) is 0 Å². The van der Waals surface area contributed by atoms with Crippen molar-refractivity contribution in [2.45, 2.75) is 73.1 Å². The minimum atomic E-state index is -0.347. The van der Waals surface area contributed by atoms with Gasteiger partial charge in [-0.15, -0.1) is 11.5 Å². The van der Waals surface area contributed by atoms with Crippen LogP contribution >= 0.6 is 0 Å². The molecule has 0 aliphatic rings. The first-order valence-corrected chi connectivity index (χ1v) is 11.1. The van der Waals surface area contributed by atoms with Gasteiger partial charge in [-0.1, -0.05) is 82.5 Å². The first-order chi connectivity index (χ1) is 15.2. The second-order valence-corrected chi connectivity index (χ2v) is 10.4. The fraction of sp³-hybridized carbons (Fsp3) is 0.393. The molecule has 0 saturated carbocycles. The minimum absolute atomic E-state index is 0. The molecule has 1 aromatic heterocycles. The molecule has 0 unspecified atom stereocenters. The van der Waals surface area contributed by atoms with Crippen molar-refractivity contribution in [1.82, 2.24) is 9.97 Å². The molecule has 0 aliphatic carbocycles. The molecule has 0 amide bonds. The number of benzene rings is 2. The number of nitrogens with zero attached hydrogens (tertiary/aromatic N) is 3. The predicted octanol–water partition coefficient (Wildman–Crippen LogP) is 5.58. The van der Waals surface area contributed by atoms with Gasteiger partial charge in [0.05, 0.1) is 11.9 Å². The van der Waals surface area contributed by atoms with Crippen molar-refractivity contribution >= 4 is 11.9 Å². The summed E-state index contributed by atoms with van der Waals surface area (Å²) in [4.78, 5) is 12.7. The quantitative estimate of drug-likeness (QED) is 0.337. The summed E-state index contributed by atoms with van der Waals surface area (Å²) in [5, 5.41) is 23.9. The number of hydrogen-bond acceptors (Lipinski definition) is 5. The van der Waals surface area contributed by atoms with E-state index in [1.807, 2.05) is 41.5 Å². The second kappa shape index (κ2) is 11.6. The molecule has 34 heavy (non-hydrogen) atoms. The van der Waals surface area contributed by atoms with Gasteiger partial charge in [0.15, 0.2) is 5.82 Å². The minimum Gasteiger partial charge on any atom is -0.873 e. The molecule has 0 spiro atoms. The van der Waals surface area contributed by atoms with E-state index in [2.05, 4.69) is 47.9 Å². The number of rotatable bonds is 2. The van der Waals surface area contributed by atoms with Crippen LogP contribution < -0.4 is 10.2 Å². The Kier molecular flexibility index (Phi) is 10.0. The Morgan fingerprint density at radius 2 is 1.18 bits per heavy atom. The van der Waals surface area contributed by atoms with Crippen LogP contribution in [-0.4, -0.2) is 16.2 Å². The fourth-order valence-electron chi connectivity index (χ4n) is 3.62. The number of aromatic nitrogens is 2. The zero-order valence-electron chi connectivity index (χ0n) is 21.6. The Hall–Kier alpha value is -2.72. The van der Waals surface area contributed by atoms with Crippen LogP contribution in [0.3, 0.4) is 0 Å². The van der Waals surface area contributed by atoms with Crippen LogP contribution in [-0.2, 0) is 27.3 Å². The number of aryl methyl sites for hydroxylation is 3. The SMILES string of the molecule is CC(C)(C)c1ccc(C(C)(C)C)c([O-])c1[O-].Cc1cc(C)c(N=Cc2ncccn2)c(C)c1.[Ni+2]. The smallest absolute Gasteiger partial charge is 0.873 e. The molecule has 0 radical (unpaired) electrons. The van der Waals surface area contributed by atoms with E-state index in [9.17, 15) is 10.2 Å². The van der Waals surface area contributed by atoms with E-state index in [-0.39, 0.29) is 38.8 Å². The summed E-state index contributed by atoms with van der Waals surface area (Å²) in [7, 11) is 0. The van der Waals surface area contributed by atoms with Crippen LogP contribution in [0.15, 0.2) is 47.7 Å². The van der Waals surface area contributed by atoms with Gasteiger partial charge in [-0.05, 0) is 48.8 Å². The molecule has 0 bridgehead atoms. The molecule has 1 heterocycles. The van der Waals surface area contributed by atoms with Crippen LogP contribution in [0.5, 0.6) is 11.5 Å². The van der Waals surface area contributed by atoms with E-state index in [4.69, 9.17) is 0 Å². The molecule has 0 aliphatic heterocycles. The van der Waals surface area contributed by atoms with Crippen molar-refractivity contribution in [3.8, 4) is 11.5 Å². The first kappa shape index (κ1) is 29.3. The van der Waals surface area contributed by atoms with Crippen LogP contribution in [0.4, 0.5) is 5.69 Å². The summed E-state index contributed by atoms with van der Waals surface area (Å²) in [5.41, 5.74) is 5.28. The van der Waals surface area contributed by atoms with Gasteiger partial charge in [0.1, 0.15) is 0 Å². The third-order valence-corrected chi connectivity index (χ3v) is 5.26. The normalized spacial score (nSPS) is 11.6. The van der Waals surface area contributed by atoms with E-state index >= 15 is 0 Å². The molecule has 184 valence electrons. The van der Waals surface area contributed by atoms with Gasteiger partial charge in [0, 0.05) is 12.4 Å². The summed E-state index contributed by atoms with van der Waals surface area (Å²) >= 11 is 0. The first-order valence-electron chi connectivity index (χ1n) is 11.1. The maximum atomic E-state index is 12.0. The molecule has 0 saturated heterocycles. The molecule has 6 heteroatoms. The molecule has 0 atom stereocenters. The van der Waals surface area contributed by atoms with E-state index in [0.717, 1.165) is 5.69 Å². The molecule has 0 N–H and O–H groups in total. The van der Waals surface area contributed by atoms with E-state index in [0.29, 0.717) is 17.0 Å². The fourth-order valence-corrected chi connectivity index (χ4v) is 3.62. The number of aliphatic imine (C=N–C) groups is 1. The third kappa shape index (κ3) is 7.66. The molecule has 3 rings (SSSR count). The van der Waals surface area contributed by atoms with Gasteiger partial charge in [-0.25, -0.2) is 9.97 Å². The summed E-state index contributed by atoms with van der Waals surface area (Å²) in [6.45, 7) is 17.9. The van der Waals surface area contributed by atoms with Crippen molar-refractivity contribution < 1.29 is 26.7 Å². The molecular formula is C28H35N3NiO2. The summed E-state index contributed by atoms with van der Waals surface area (Å²) < 4.78 is 0. The average Bonchev–Trinajstić information content (AvgIpc) is 2.68. The maximum Gasteiger partial charge on any atom is 2.00 e. The zero-order chi connectivity index (χ0) is 25.0. The molecule has 0 fully saturated rings. The van der Waals surface area contributed by atoms with Crippen molar-refractivity contribution in [3.05, 3.63) is 76.4 Å². The van der Waals surface area contributed by atoms with Crippen LogP contribution in [0.1, 0.15) is 75.2 Å². The van der Waals surface area contributed by atoms with Crippen LogP contribution in [0.2, 0.25) is 0 Å². The van der Waals surface area contributed by atoms with Gasteiger partial charge in [-0.2, -0.15) is 0 Å². The summed E-state index contributed by atoms with van der Waals surface area (Å²) in [6.07, 6.45) is 5.12. The summed E-state index contributed by atoms with van der Waals surface area (Å²) in [6, 6.07) is 9.64. The molecule has 2 aromatic carbocycles. The van der Waals surface area contributed by atoms with Gasteiger partial charge in [-0.3, -0.25) is 4.99 Å². The van der Waals surface area contributed by atoms with Crippen LogP contribution in [0.25, 0.3) is 0 Å². The Morgan fingerprint density at radius 3 is 1.56 bits per heavy atom.